The molecular formula is C6H9ClO2. The Bertz CT molecular complexity index is 129. The summed E-state index contributed by atoms with van der Waals surface area (Å²) in [7, 11) is 0. The standard InChI is InChI=1S/C6H9ClO2/c1-2-9-5(8)6(7)3-4-6/h2-4H2,1H3. The van der Waals surface area contributed by atoms with Crippen molar-refractivity contribution in [1.82, 2.24) is 0 Å². The van der Waals surface area contributed by atoms with Gasteiger partial charge in [-0.3, -0.25) is 4.79 Å². The van der Waals surface area contributed by atoms with Crippen LogP contribution < -0.4 is 0 Å². The SMILES string of the molecule is CCOC(=O)C1(Cl)CC1. The van der Waals surface area contributed by atoms with E-state index in [2.05, 4.69) is 0 Å². The minimum Gasteiger partial charge on any atom is -0.465 e. The maximum Gasteiger partial charge on any atom is 0.327 e. The summed E-state index contributed by atoms with van der Waals surface area (Å²) in [5, 5.41) is 0. The van der Waals surface area contributed by atoms with Crippen molar-refractivity contribution in [2.75, 3.05) is 6.61 Å². The van der Waals surface area contributed by atoms with Crippen molar-refractivity contribution in [3.8, 4) is 0 Å². The minimum absolute atomic E-state index is 0.258. The van der Waals surface area contributed by atoms with E-state index in [9.17, 15) is 4.79 Å². The molecule has 1 aliphatic rings. The van der Waals surface area contributed by atoms with E-state index < -0.39 is 4.87 Å². The first kappa shape index (κ1) is 6.87. The molecule has 0 aromatic heterocycles. The highest BCUT2D eigenvalue weighted by Crippen LogP contribution is 2.43. The fourth-order valence-electron chi connectivity index (χ4n) is 0.574. The monoisotopic (exact) mass is 148 g/mol. The van der Waals surface area contributed by atoms with Gasteiger partial charge in [0, 0.05) is 0 Å². The highest BCUT2D eigenvalue weighted by molar-refractivity contribution is 6.36. The van der Waals surface area contributed by atoms with E-state index in [1.54, 1.807) is 6.92 Å². The zero-order valence-corrected chi connectivity index (χ0v) is 6.07. The van der Waals surface area contributed by atoms with Gasteiger partial charge in [0.2, 0.25) is 0 Å². The van der Waals surface area contributed by atoms with E-state index in [0.717, 1.165) is 12.8 Å². The number of esters is 1. The number of carbonyl (C=O) groups is 1. The number of ether oxygens (including phenoxy) is 1. The van der Waals surface area contributed by atoms with Gasteiger partial charge in [0.15, 0.2) is 0 Å². The van der Waals surface area contributed by atoms with Crippen molar-refractivity contribution in [2.24, 2.45) is 0 Å². The molecule has 0 aromatic rings. The summed E-state index contributed by atoms with van der Waals surface area (Å²) < 4.78 is 4.70. The fourth-order valence-corrected chi connectivity index (χ4v) is 0.723. The van der Waals surface area contributed by atoms with Crippen molar-refractivity contribution >= 4 is 17.6 Å². The fraction of sp³-hybridized carbons (Fsp3) is 0.833. The summed E-state index contributed by atoms with van der Waals surface area (Å²) in [6.07, 6.45) is 1.54. The van der Waals surface area contributed by atoms with Crippen molar-refractivity contribution < 1.29 is 9.53 Å². The lowest BCUT2D eigenvalue weighted by Gasteiger charge is -2.03. The highest BCUT2D eigenvalue weighted by atomic mass is 35.5. The van der Waals surface area contributed by atoms with Gasteiger partial charge in [-0.25, -0.2) is 0 Å². The van der Waals surface area contributed by atoms with Crippen LogP contribution in [0.1, 0.15) is 19.8 Å². The molecule has 0 radical (unpaired) electrons. The van der Waals surface area contributed by atoms with Gasteiger partial charge in [-0.1, -0.05) is 0 Å². The lowest BCUT2D eigenvalue weighted by atomic mass is 10.4. The lowest BCUT2D eigenvalue weighted by Crippen LogP contribution is -2.18. The Labute approximate surface area is 59.1 Å². The Hall–Kier alpha value is -0.240. The van der Waals surface area contributed by atoms with Crippen LogP contribution in [-0.2, 0) is 9.53 Å². The summed E-state index contributed by atoms with van der Waals surface area (Å²) in [5.41, 5.74) is 0. The van der Waals surface area contributed by atoms with Crippen LogP contribution in [0.25, 0.3) is 0 Å². The molecule has 0 unspecified atom stereocenters. The second-order valence-electron chi connectivity index (χ2n) is 2.19. The summed E-state index contributed by atoms with van der Waals surface area (Å²) >= 11 is 5.70. The predicted octanol–water partition coefficient (Wildman–Crippen LogP) is 1.32. The van der Waals surface area contributed by atoms with Crippen LogP contribution in [-0.4, -0.2) is 17.5 Å². The maximum absolute atomic E-state index is 10.8. The number of hydrogen-bond donors (Lipinski definition) is 0. The van der Waals surface area contributed by atoms with Crippen LogP contribution in [0.4, 0.5) is 0 Å². The third kappa shape index (κ3) is 1.36. The zero-order valence-electron chi connectivity index (χ0n) is 5.32. The van der Waals surface area contributed by atoms with E-state index >= 15 is 0 Å². The van der Waals surface area contributed by atoms with Crippen molar-refractivity contribution in [1.29, 1.82) is 0 Å². The van der Waals surface area contributed by atoms with Gasteiger partial charge in [0.25, 0.3) is 0 Å². The molecule has 0 bridgehead atoms. The van der Waals surface area contributed by atoms with E-state index in [1.807, 2.05) is 0 Å². The van der Waals surface area contributed by atoms with Crippen molar-refractivity contribution in [3.63, 3.8) is 0 Å². The molecule has 0 amide bonds. The molecule has 0 aromatic carbocycles. The molecule has 52 valence electrons. The molecule has 9 heavy (non-hydrogen) atoms. The minimum atomic E-state index is -0.629. The number of hydrogen-bond acceptors (Lipinski definition) is 2. The number of halogens is 1. The molecule has 1 saturated carbocycles. The van der Waals surface area contributed by atoms with Gasteiger partial charge < -0.3 is 4.74 Å². The third-order valence-electron chi connectivity index (χ3n) is 1.33. The largest absolute Gasteiger partial charge is 0.465 e. The topological polar surface area (TPSA) is 26.3 Å². The highest BCUT2D eigenvalue weighted by Gasteiger charge is 2.49. The molecule has 0 spiro atoms. The summed E-state index contributed by atoms with van der Waals surface area (Å²) in [6, 6.07) is 0. The Balaban J connectivity index is 2.34. The van der Waals surface area contributed by atoms with Crippen LogP contribution in [0.2, 0.25) is 0 Å². The van der Waals surface area contributed by atoms with Crippen molar-refractivity contribution in [2.45, 2.75) is 24.6 Å². The van der Waals surface area contributed by atoms with Gasteiger partial charge in [-0.15, -0.1) is 11.6 Å². The Morgan fingerprint density at radius 3 is 2.67 bits per heavy atom. The van der Waals surface area contributed by atoms with Crippen LogP contribution in [0.15, 0.2) is 0 Å². The van der Waals surface area contributed by atoms with Crippen LogP contribution in [0.5, 0.6) is 0 Å². The van der Waals surface area contributed by atoms with Gasteiger partial charge in [-0.05, 0) is 19.8 Å². The number of rotatable bonds is 2. The Morgan fingerprint density at radius 1 is 1.78 bits per heavy atom. The predicted molar refractivity (Wildman–Crippen MR) is 34.5 cm³/mol. The van der Waals surface area contributed by atoms with Crippen molar-refractivity contribution in [3.05, 3.63) is 0 Å². The Kier molecular flexibility index (Phi) is 1.66. The summed E-state index contributed by atoms with van der Waals surface area (Å²) in [4.78, 5) is 10.1. The Morgan fingerprint density at radius 2 is 2.33 bits per heavy atom. The molecule has 3 heteroatoms. The van der Waals surface area contributed by atoms with E-state index in [-0.39, 0.29) is 5.97 Å². The van der Waals surface area contributed by atoms with Gasteiger partial charge in [0.1, 0.15) is 4.87 Å². The quantitative estimate of drug-likeness (QED) is 0.436. The first-order valence-electron chi connectivity index (χ1n) is 3.05. The molecule has 2 nitrogen and oxygen atoms in total. The van der Waals surface area contributed by atoms with Gasteiger partial charge in [-0.2, -0.15) is 0 Å². The zero-order chi connectivity index (χ0) is 6.91. The molecule has 0 saturated heterocycles. The average Bonchev–Trinajstić information content (AvgIpc) is 2.50. The van der Waals surface area contributed by atoms with Crippen LogP contribution in [0.3, 0.4) is 0 Å². The number of carbonyl (C=O) groups excluding carboxylic acids is 1. The molecule has 1 rings (SSSR count). The average molecular weight is 149 g/mol. The van der Waals surface area contributed by atoms with E-state index in [4.69, 9.17) is 16.3 Å². The maximum atomic E-state index is 10.8. The lowest BCUT2D eigenvalue weighted by molar-refractivity contribution is -0.143. The first-order chi connectivity index (χ1) is 4.19. The second kappa shape index (κ2) is 2.18. The van der Waals surface area contributed by atoms with E-state index in [0.29, 0.717) is 6.61 Å². The molecular weight excluding hydrogens is 140 g/mol. The first-order valence-corrected chi connectivity index (χ1v) is 3.43. The smallest absolute Gasteiger partial charge is 0.327 e. The summed E-state index contributed by atoms with van der Waals surface area (Å²) in [5.74, 6) is -0.258. The molecule has 0 aliphatic heterocycles. The van der Waals surface area contributed by atoms with E-state index in [1.165, 1.54) is 0 Å². The summed E-state index contributed by atoms with van der Waals surface area (Å²) in [6.45, 7) is 2.20. The second-order valence-corrected chi connectivity index (χ2v) is 2.91. The molecule has 1 fully saturated rings. The van der Waals surface area contributed by atoms with Gasteiger partial charge >= 0.3 is 5.97 Å². The molecule has 1 aliphatic carbocycles. The third-order valence-corrected chi connectivity index (χ3v) is 1.86. The molecule has 0 N–H and O–H groups in total. The number of alkyl halides is 1. The molecule has 0 heterocycles. The normalized spacial score (nSPS) is 21.1. The van der Waals surface area contributed by atoms with Gasteiger partial charge in [0.05, 0.1) is 6.61 Å². The van der Waals surface area contributed by atoms with Crippen LogP contribution >= 0.6 is 11.6 Å². The van der Waals surface area contributed by atoms with Crippen LogP contribution in [0, 0.1) is 0 Å². The molecule has 0 atom stereocenters.